The number of rotatable bonds is 5. The zero-order valence-electron chi connectivity index (χ0n) is 17.4. The number of alkyl halides is 1. The number of likely N-dealkylation sites (tertiary alicyclic amines) is 1. The number of nitrogens with zero attached hydrogens (tertiary/aromatic N) is 1. The van der Waals surface area contributed by atoms with E-state index in [2.05, 4.69) is 20.8 Å². The maximum atomic E-state index is 13.6. The topological polar surface area (TPSA) is 38.8 Å². The van der Waals surface area contributed by atoms with E-state index in [1.165, 1.54) is 19.3 Å². The van der Waals surface area contributed by atoms with Crippen LogP contribution in [0, 0.1) is 17.3 Å². The molecule has 29 heavy (non-hydrogen) atoms. The maximum Gasteiger partial charge on any atom is 0.228 e. The van der Waals surface area contributed by atoms with E-state index in [1.807, 2.05) is 31.2 Å². The van der Waals surface area contributed by atoms with Gasteiger partial charge in [-0.25, -0.2) is 0 Å². The molecule has 4 bridgehead atoms. The second-order valence-corrected chi connectivity index (χ2v) is 11.6. The number of benzene rings is 1. The van der Waals surface area contributed by atoms with Gasteiger partial charge in [0.25, 0.3) is 0 Å². The van der Waals surface area contributed by atoms with Crippen molar-refractivity contribution < 1.29 is 14.3 Å². The highest BCUT2D eigenvalue weighted by Gasteiger charge is 2.60. The predicted molar refractivity (Wildman–Crippen MR) is 117 cm³/mol. The molecule has 4 nitrogen and oxygen atoms in total. The van der Waals surface area contributed by atoms with E-state index < -0.39 is 0 Å². The molecule has 158 valence electrons. The Bertz CT molecular complexity index is 759. The van der Waals surface area contributed by atoms with Crippen molar-refractivity contribution in [3.63, 3.8) is 0 Å². The molecule has 1 amide bonds. The van der Waals surface area contributed by atoms with Gasteiger partial charge in [0.15, 0.2) is 11.5 Å². The largest absolute Gasteiger partial charge is 0.490 e. The molecule has 0 N–H and O–H groups in total. The maximum absolute atomic E-state index is 13.6. The van der Waals surface area contributed by atoms with Gasteiger partial charge < -0.3 is 14.4 Å². The molecule has 6 rings (SSSR count). The normalized spacial score (nSPS) is 36.3. The monoisotopic (exact) mass is 461 g/mol. The highest BCUT2D eigenvalue weighted by atomic mass is 79.9. The number of ether oxygens (including phenoxy) is 2. The zero-order valence-corrected chi connectivity index (χ0v) is 19.0. The van der Waals surface area contributed by atoms with Crippen molar-refractivity contribution in [1.82, 2.24) is 4.90 Å². The molecule has 5 aliphatic rings. The van der Waals surface area contributed by atoms with Crippen molar-refractivity contribution in [2.45, 2.75) is 68.7 Å². The summed E-state index contributed by atoms with van der Waals surface area (Å²) in [7, 11) is 0. The molecule has 0 spiro atoms. The summed E-state index contributed by atoms with van der Waals surface area (Å²) in [6.45, 7) is 4.24. The van der Waals surface area contributed by atoms with Crippen LogP contribution in [-0.2, 0) is 4.79 Å². The molecule has 1 aromatic rings. The average molecular weight is 462 g/mol. The molecule has 0 aromatic heterocycles. The molecule has 1 aliphatic heterocycles. The number of carbonyl (C=O) groups is 1. The van der Waals surface area contributed by atoms with Crippen LogP contribution in [0.25, 0.3) is 0 Å². The molecule has 1 heterocycles. The molecular formula is C24H32BrNO3. The number of piperidine rings is 1. The summed E-state index contributed by atoms with van der Waals surface area (Å²) in [5.41, 5.74) is -0.0944. The first kappa shape index (κ1) is 19.7. The Hall–Kier alpha value is -1.23. The third kappa shape index (κ3) is 3.68. The van der Waals surface area contributed by atoms with Crippen LogP contribution in [0.15, 0.2) is 24.3 Å². The van der Waals surface area contributed by atoms with Crippen molar-refractivity contribution in [3.05, 3.63) is 24.3 Å². The average Bonchev–Trinajstić information content (AvgIpc) is 2.68. The number of hydrogen-bond donors (Lipinski definition) is 0. The highest BCUT2D eigenvalue weighted by molar-refractivity contribution is 9.10. The van der Waals surface area contributed by atoms with Gasteiger partial charge in [-0.3, -0.25) is 4.79 Å². The van der Waals surface area contributed by atoms with Crippen molar-refractivity contribution in [1.29, 1.82) is 0 Å². The number of carbonyl (C=O) groups excluding carboxylic acids is 1. The van der Waals surface area contributed by atoms with Crippen molar-refractivity contribution in [2.24, 2.45) is 17.3 Å². The van der Waals surface area contributed by atoms with E-state index >= 15 is 0 Å². The van der Waals surface area contributed by atoms with Crippen LogP contribution in [0.3, 0.4) is 0 Å². The molecular weight excluding hydrogens is 430 g/mol. The fourth-order valence-corrected chi connectivity index (χ4v) is 8.37. The first-order valence-electron chi connectivity index (χ1n) is 11.4. The van der Waals surface area contributed by atoms with Crippen LogP contribution < -0.4 is 9.47 Å². The van der Waals surface area contributed by atoms with Gasteiger partial charge in [0.1, 0.15) is 6.10 Å². The van der Waals surface area contributed by atoms with Crippen LogP contribution in [-0.4, -0.2) is 40.9 Å². The van der Waals surface area contributed by atoms with E-state index in [0.717, 1.165) is 68.5 Å². The summed E-state index contributed by atoms with van der Waals surface area (Å²) in [4.78, 5) is 15.8. The first-order valence-corrected chi connectivity index (χ1v) is 12.1. The minimum Gasteiger partial charge on any atom is -0.490 e. The summed E-state index contributed by atoms with van der Waals surface area (Å²) < 4.78 is 12.2. The van der Waals surface area contributed by atoms with Crippen LogP contribution in [0.5, 0.6) is 11.5 Å². The minimum absolute atomic E-state index is 0.0944. The molecule has 5 fully saturated rings. The van der Waals surface area contributed by atoms with E-state index in [-0.39, 0.29) is 15.8 Å². The Morgan fingerprint density at radius 2 is 1.76 bits per heavy atom. The Kier molecular flexibility index (Phi) is 5.08. The molecule has 1 saturated heterocycles. The zero-order chi connectivity index (χ0) is 20.1. The fraction of sp³-hybridized carbons (Fsp3) is 0.708. The van der Waals surface area contributed by atoms with Gasteiger partial charge >= 0.3 is 0 Å². The first-order chi connectivity index (χ1) is 14.0. The molecule has 4 saturated carbocycles. The highest BCUT2D eigenvalue weighted by Crippen LogP contribution is 2.64. The van der Waals surface area contributed by atoms with Crippen LogP contribution >= 0.6 is 15.9 Å². The Labute approximate surface area is 182 Å². The number of hydrogen-bond acceptors (Lipinski definition) is 3. The second kappa shape index (κ2) is 7.47. The lowest BCUT2D eigenvalue weighted by Crippen LogP contribution is -2.59. The molecule has 2 unspecified atom stereocenters. The van der Waals surface area contributed by atoms with Gasteiger partial charge in [-0.05, 0) is 69.4 Å². The lowest BCUT2D eigenvalue weighted by atomic mass is 9.49. The predicted octanol–water partition coefficient (Wildman–Crippen LogP) is 5.19. The Morgan fingerprint density at radius 1 is 1.10 bits per heavy atom. The minimum atomic E-state index is -0.0944. The van der Waals surface area contributed by atoms with Crippen LogP contribution in [0.1, 0.15) is 58.3 Å². The smallest absolute Gasteiger partial charge is 0.228 e. The summed E-state index contributed by atoms with van der Waals surface area (Å²) in [5, 5.41) is 0. The molecule has 1 aromatic carbocycles. The number of amides is 1. The van der Waals surface area contributed by atoms with E-state index in [0.29, 0.717) is 12.5 Å². The Balaban J connectivity index is 1.22. The summed E-state index contributed by atoms with van der Waals surface area (Å²) in [6, 6.07) is 7.90. The van der Waals surface area contributed by atoms with Crippen molar-refractivity contribution in [3.8, 4) is 11.5 Å². The quantitative estimate of drug-likeness (QED) is 0.566. The van der Waals surface area contributed by atoms with E-state index in [1.54, 1.807) is 0 Å². The van der Waals surface area contributed by atoms with Gasteiger partial charge in [0.2, 0.25) is 5.91 Å². The van der Waals surface area contributed by atoms with Gasteiger partial charge in [0, 0.05) is 30.3 Å². The van der Waals surface area contributed by atoms with Crippen LogP contribution in [0.4, 0.5) is 0 Å². The third-order valence-corrected chi connectivity index (χ3v) is 8.54. The molecule has 5 heteroatoms. The molecule has 0 radical (unpaired) electrons. The Morgan fingerprint density at radius 3 is 2.38 bits per heavy atom. The third-order valence-electron chi connectivity index (χ3n) is 7.62. The summed E-state index contributed by atoms with van der Waals surface area (Å²) in [6.07, 6.45) is 9.12. The van der Waals surface area contributed by atoms with Gasteiger partial charge in [-0.2, -0.15) is 0 Å². The number of halogens is 1. The SMILES string of the molecule is CCOc1ccccc1OC1CCN(C(=O)C23CC4CC(CC(Br)(C4)C2)C3)CC1. The number of para-hydroxylation sites is 2. The van der Waals surface area contributed by atoms with Crippen molar-refractivity contribution in [2.75, 3.05) is 19.7 Å². The summed E-state index contributed by atoms with van der Waals surface area (Å²) >= 11 is 4.05. The fourth-order valence-electron chi connectivity index (χ4n) is 6.91. The van der Waals surface area contributed by atoms with Gasteiger partial charge in [0.05, 0.1) is 12.0 Å². The van der Waals surface area contributed by atoms with Crippen LogP contribution in [0.2, 0.25) is 0 Å². The van der Waals surface area contributed by atoms with E-state index in [4.69, 9.17) is 9.47 Å². The lowest BCUT2D eigenvalue weighted by molar-refractivity contribution is -0.157. The lowest BCUT2D eigenvalue weighted by Gasteiger charge is -2.60. The molecule has 2 atom stereocenters. The second-order valence-electron chi connectivity index (χ2n) is 9.88. The van der Waals surface area contributed by atoms with Gasteiger partial charge in [-0.1, -0.05) is 28.1 Å². The molecule has 4 aliphatic carbocycles. The standard InChI is InChI=1S/C24H32BrNO3/c1-2-28-20-5-3-4-6-21(20)29-19-7-9-26(10-8-19)22(27)23-12-17-11-18(13-23)15-24(25,14-17)16-23/h3-6,17-19H,2,7-16H2,1H3. The van der Waals surface area contributed by atoms with Gasteiger partial charge in [-0.15, -0.1) is 0 Å². The van der Waals surface area contributed by atoms with E-state index in [9.17, 15) is 4.79 Å². The summed E-state index contributed by atoms with van der Waals surface area (Å²) in [5.74, 6) is 3.56. The van der Waals surface area contributed by atoms with Crippen molar-refractivity contribution >= 4 is 21.8 Å².